The molecule has 5 aliphatic rings. The van der Waals surface area contributed by atoms with Gasteiger partial charge in [0.25, 0.3) is 0 Å². The molecule has 0 spiro atoms. The van der Waals surface area contributed by atoms with Gasteiger partial charge in [0.15, 0.2) is 31.5 Å². The van der Waals surface area contributed by atoms with Crippen LogP contribution in [0.25, 0.3) is 0 Å². The molecule has 23 heteroatoms. The Morgan fingerprint density at radius 3 is 1.34 bits per heavy atom. The molecule has 50 heavy (non-hydrogen) atoms. The minimum absolute atomic E-state index is 0.664. The van der Waals surface area contributed by atoms with Crippen molar-refractivity contribution in [2.45, 2.75) is 135 Å². The van der Waals surface area contributed by atoms with Crippen molar-refractivity contribution >= 4 is 0 Å². The first kappa shape index (κ1) is 40.3. The molecule has 23 nitrogen and oxygen atoms in total. The Hall–Kier alpha value is -0.920. The number of aliphatic hydroxyl groups excluding tert-OH is 14. The Kier molecular flexibility index (Phi) is 13.7. The summed E-state index contributed by atoms with van der Waals surface area (Å²) in [5.41, 5.74) is 0. The van der Waals surface area contributed by atoms with Gasteiger partial charge in [-0.25, -0.2) is 0 Å². The van der Waals surface area contributed by atoms with Gasteiger partial charge in [0.05, 0.1) is 33.0 Å². The van der Waals surface area contributed by atoms with E-state index in [4.69, 9.17) is 42.6 Å². The Balaban J connectivity index is 1.25. The van der Waals surface area contributed by atoms with Crippen LogP contribution in [0.3, 0.4) is 0 Å². The summed E-state index contributed by atoms with van der Waals surface area (Å²) in [4.78, 5) is 0. The molecule has 5 heterocycles. The van der Waals surface area contributed by atoms with Gasteiger partial charge in [-0.15, -0.1) is 0 Å². The van der Waals surface area contributed by atoms with Gasteiger partial charge in [-0.2, -0.15) is 0 Å². The first-order chi connectivity index (χ1) is 23.8. The lowest BCUT2D eigenvalue weighted by Crippen LogP contribution is -2.64. The molecular weight excluding hydrogens is 692 g/mol. The van der Waals surface area contributed by atoms with E-state index in [-0.39, 0.29) is 0 Å². The molecule has 292 valence electrons. The van der Waals surface area contributed by atoms with Crippen LogP contribution in [-0.4, -0.2) is 240 Å². The Labute approximate surface area is 282 Å². The third-order valence-corrected chi connectivity index (χ3v) is 9.25. The highest BCUT2D eigenvalue weighted by Crippen LogP contribution is 2.35. The lowest BCUT2D eigenvalue weighted by molar-refractivity contribution is -0.369. The molecular formula is C27H46O23. The van der Waals surface area contributed by atoms with Crippen LogP contribution in [0.1, 0.15) is 0 Å². The van der Waals surface area contributed by atoms with Gasteiger partial charge in [-0.3, -0.25) is 0 Å². The fourth-order valence-electron chi connectivity index (χ4n) is 6.28. The van der Waals surface area contributed by atoms with Crippen molar-refractivity contribution in [1.29, 1.82) is 0 Å². The molecule has 22 atom stereocenters. The molecule has 0 radical (unpaired) electrons. The molecule has 0 bridgehead atoms. The number of rotatable bonds is 13. The first-order valence-corrected chi connectivity index (χ1v) is 15.9. The highest BCUT2D eigenvalue weighted by Gasteiger charge is 2.55. The minimum Gasteiger partial charge on any atom is -0.394 e. The van der Waals surface area contributed by atoms with E-state index in [1.165, 1.54) is 0 Å². The number of hydrogen-bond acceptors (Lipinski definition) is 23. The second-order valence-corrected chi connectivity index (χ2v) is 12.5. The molecule has 5 fully saturated rings. The zero-order chi connectivity index (χ0) is 36.6. The average molecular weight is 739 g/mol. The van der Waals surface area contributed by atoms with Crippen LogP contribution in [0.4, 0.5) is 0 Å². The second-order valence-electron chi connectivity index (χ2n) is 12.5. The zero-order valence-electron chi connectivity index (χ0n) is 26.2. The fraction of sp³-hybridized carbons (Fsp3) is 1.00. The van der Waals surface area contributed by atoms with Gasteiger partial charge >= 0.3 is 0 Å². The predicted molar refractivity (Wildman–Crippen MR) is 148 cm³/mol. The topological polar surface area (TPSA) is 366 Å². The van der Waals surface area contributed by atoms with Crippen molar-refractivity contribution in [3.8, 4) is 0 Å². The maximum atomic E-state index is 10.8. The molecule has 5 rings (SSSR count). The van der Waals surface area contributed by atoms with E-state index >= 15 is 0 Å². The normalized spacial score (nSPS) is 52.9. The van der Waals surface area contributed by atoms with Crippen molar-refractivity contribution in [2.24, 2.45) is 0 Å². The molecule has 0 aromatic carbocycles. The van der Waals surface area contributed by atoms with Gasteiger partial charge in [-0.1, -0.05) is 0 Å². The Morgan fingerprint density at radius 2 is 0.760 bits per heavy atom. The Morgan fingerprint density at radius 1 is 0.340 bits per heavy atom. The van der Waals surface area contributed by atoms with Crippen molar-refractivity contribution in [3.05, 3.63) is 0 Å². The lowest BCUT2D eigenvalue weighted by Gasteiger charge is -2.46. The van der Waals surface area contributed by atoms with Gasteiger partial charge in [0, 0.05) is 0 Å². The van der Waals surface area contributed by atoms with Crippen LogP contribution < -0.4 is 0 Å². The summed E-state index contributed by atoms with van der Waals surface area (Å²) in [7, 11) is 0. The summed E-state index contributed by atoms with van der Waals surface area (Å²) >= 11 is 0. The standard InChI is InChI=1S/C27H46O23/c28-1-6-11(32)15(36)18(39)25(44-6)50-22-16(37)12(33)7(2-29)45-26(22)42-5-10-13(34)17(38)24(47-10)49-21-14(35)8(3-30)46-27(21)48-20-9(4-31)43-23(41)19(20)40/h6-41H,1-5H2/t6-,7-,8-,9-,10-,11-,12-,13-,14-,15+,16+,17+,18+,19+,20-,21+,22+,23?,24?,25?,26?,27?/m1/s1. The predicted octanol–water partition coefficient (Wildman–Crippen LogP) is -10.0. The van der Waals surface area contributed by atoms with E-state index < -0.39 is 168 Å². The summed E-state index contributed by atoms with van der Waals surface area (Å²) in [5, 5.41) is 143. The Bertz CT molecular complexity index is 1060. The van der Waals surface area contributed by atoms with E-state index in [2.05, 4.69) is 0 Å². The number of ether oxygens (including phenoxy) is 9. The van der Waals surface area contributed by atoms with E-state index in [0.29, 0.717) is 0 Å². The minimum atomic E-state index is -1.92. The summed E-state index contributed by atoms with van der Waals surface area (Å²) in [6, 6.07) is 0. The second kappa shape index (κ2) is 17.0. The van der Waals surface area contributed by atoms with Crippen LogP contribution >= 0.6 is 0 Å². The van der Waals surface area contributed by atoms with E-state index in [9.17, 15) is 71.5 Å². The smallest absolute Gasteiger partial charge is 0.187 e. The number of aliphatic hydroxyl groups is 14. The summed E-state index contributed by atoms with van der Waals surface area (Å²) in [5.74, 6) is 0. The van der Waals surface area contributed by atoms with E-state index in [1.54, 1.807) is 0 Å². The third kappa shape index (κ3) is 7.96. The molecule has 5 saturated heterocycles. The first-order valence-electron chi connectivity index (χ1n) is 15.9. The zero-order valence-corrected chi connectivity index (χ0v) is 26.2. The van der Waals surface area contributed by atoms with Crippen molar-refractivity contribution in [2.75, 3.05) is 33.0 Å². The molecule has 0 amide bonds. The number of hydrogen-bond donors (Lipinski definition) is 14. The average Bonchev–Trinajstić information content (AvgIpc) is 3.67. The van der Waals surface area contributed by atoms with E-state index in [1.807, 2.05) is 0 Å². The van der Waals surface area contributed by atoms with Crippen LogP contribution in [0.15, 0.2) is 0 Å². The van der Waals surface area contributed by atoms with Gasteiger partial charge in [-0.05, 0) is 0 Å². The highest BCUT2D eigenvalue weighted by molar-refractivity contribution is 4.96. The van der Waals surface area contributed by atoms with Crippen LogP contribution in [-0.2, 0) is 42.6 Å². The van der Waals surface area contributed by atoms with Crippen molar-refractivity contribution in [1.82, 2.24) is 0 Å². The highest BCUT2D eigenvalue weighted by atomic mass is 16.8. The molecule has 0 aromatic rings. The third-order valence-electron chi connectivity index (χ3n) is 9.25. The van der Waals surface area contributed by atoms with Crippen molar-refractivity contribution < 1.29 is 114 Å². The summed E-state index contributed by atoms with van der Waals surface area (Å²) < 4.78 is 49.5. The van der Waals surface area contributed by atoms with Crippen molar-refractivity contribution in [3.63, 3.8) is 0 Å². The SMILES string of the molecule is OC[C@H]1OC(O[C@@H]2C(OC[C@H]3OC(O[C@@H]4C(O[C@H]5[C@H](O)C(O)O[C@@H]5CO)O[C@H](CO)[C@H]4O)[C@@H](O)[C@@H]3O)O[C@H](CO)[C@@H](O)[C@@H]2O)[C@@H](O)[C@@H](O)[C@@H]1O. The molecule has 5 aliphatic heterocycles. The van der Waals surface area contributed by atoms with Gasteiger partial charge in [0.1, 0.15) is 104 Å². The van der Waals surface area contributed by atoms with Gasteiger partial charge in [0.2, 0.25) is 0 Å². The quantitative estimate of drug-likeness (QED) is 0.0834. The van der Waals surface area contributed by atoms with E-state index in [0.717, 1.165) is 0 Å². The molecule has 0 aromatic heterocycles. The van der Waals surface area contributed by atoms with Gasteiger partial charge < -0.3 is 114 Å². The summed E-state index contributed by atoms with van der Waals surface area (Å²) in [6.07, 6.45) is -36.0. The maximum Gasteiger partial charge on any atom is 0.187 e. The fourth-order valence-corrected chi connectivity index (χ4v) is 6.28. The molecule has 0 saturated carbocycles. The monoisotopic (exact) mass is 738 g/mol. The lowest BCUT2D eigenvalue weighted by atomic mass is 9.97. The van der Waals surface area contributed by atoms with Crippen LogP contribution in [0.2, 0.25) is 0 Å². The molecule has 5 unspecified atom stereocenters. The summed E-state index contributed by atoms with van der Waals surface area (Å²) in [6.45, 7) is -3.69. The molecule has 14 N–H and O–H groups in total. The maximum absolute atomic E-state index is 10.8. The van der Waals surface area contributed by atoms with Crippen LogP contribution in [0, 0.1) is 0 Å². The largest absolute Gasteiger partial charge is 0.394 e. The van der Waals surface area contributed by atoms with Crippen LogP contribution in [0.5, 0.6) is 0 Å². The molecule has 0 aliphatic carbocycles.